The van der Waals surface area contributed by atoms with Crippen molar-refractivity contribution in [3.8, 4) is 11.4 Å². The summed E-state index contributed by atoms with van der Waals surface area (Å²) in [6.07, 6.45) is 2.49. The highest BCUT2D eigenvalue weighted by Gasteiger charge is 2.24. The summed E-state index contributed by atoms with van der Waals surface area (Å²) in [4.78, 5) is 1.96. The van der Waals surface area contributed by atoms with Gasteiger partial charge in [-0.1, -0.05) is 53.0 Å². The molecular formula is C19H18Cl3N3OS. The molecule has 1 N–H and O–H groups in total. The number of thioether (sulfide) groups is 1. The monoisotopic (exact) mass is 441 g/mol. The predicted octanol–water partition coefficient (Wildman–Crippen LogP) is 5.92. The van der Waals surface area contributed by atoms with Gasteiger partial charge in [0, 0.05) is 31.1 Å². The van der Waals surface area contributed by atoms with E-state index in [1.54, 1.807) is 28.9 Å². The van der Waals surface area contributed by atoms with Crippen molar-refractivity contribution in [3.63, 3.8) is 0 Å². The summed E-state index contributed by atoms with van der Waals surface area (Å²) in [7, 11) is 3.87. The molecule has 0 unspecified atom stereocenters. The number of phenols is 1. The lowest BCUT2D eigenvalue weighted by Gasteiger charge is -2.19. The number of rotatable bonds is 5. The van der Waals surface area contributed by atoms with E-state index < -0.39 is 0 Å². The zero-order valence-electron chi connectivity index (χ0n) is 15.0. The Kier molecular flexibility index (Phi) is 6.16. The van der Waals surface area contributed by atoms with Gasteiger partial charge in [0.25, 0.3) is 0 Å². The Bertz CT molecular complexity index is 965. The second-order valence-corrected chi connectivity index (χ2v) is 8.19. The van der Waals surface area contributed by atoms with Gasteiger partial charge >= 0.3 is 0 Å². The van der Waals surface area contributed by atoms with Crippen LogP contribution in [0.25, 0.3) is 5.69 Å². The first-order valence-corrected chi connectivity index (χ1v) is 10.4. The van der Waals surface area contributed by atoms with Crippen molar-refractivity contribution in [3.05, 3.63) is 62.6 Å². The third-order valence-electron chi connectivity index (χ3n) is 4.09. The van der Waals surface area contributed by atoms with E-state index in [0.29, 0.717) is 27.2 Å². The topological polar surface area (TPSA) is 41.3 Å². The maximum Gasteiger partial charge on any atom is 0.136 e. The predicted molar refractivity (Wildman–Crippen MR) is 116 cm³/mol. The molecule has 0 aliphatic heterocycles. The molecule has 27 heavy (non-hydrogen) atoms. The molecule has 0 spiro atoms. The average Bonchev–Trinajstić information content (AvgIpc) is 2.94. The number of hydrogen-bond donors (Lipinski definition) is 1. The summed E-state index contributed by atoms with van der Waals surface area (Å²) in [5.74, 6) is 1.10. The first-order valence-electron chi connectivity index (χ1n) is 8.08. The van der Waals surface area contributed by atoms with E-state index in [9.17, 15) is 5.11 Å². The van der Waals surface area contributed by atoms with Crippen LogP contribution in [0.3, 0.4) is 0 Å². The highest BCUT2D eigenvalue weighted by Crippen LogP contribution is 2.39. The number of hydrogen-bond acceptors (Lipinski definition) is 4. The minimum Gasteiger partial charge on any atom is -0.508 e. The summed E-state index contributed by atoms with van der Waals surface area (Å²) in [5.41, 5.74) is 2.38. The molecule has 1 heterocycles. The minimum atomic E-state index is 0.254. The molecule has 3 rings (SSSR count). The SMILES string of the molecule is CSc1nn(-c2c(Cl)cc(Cl)cc2Cl)c(N(C)C)c1Cc1ccccc1O. The highest BCUT2D eigenvalue weighted by molar-refractivity contribution is 7.98. The fourth-order valence-corrected chi connectivity index (χ4v) is 4.49. The standard InChI is InChI=1S/C19H18Cl3N3OS/c1-24(2)19-13(8-11-6-4-5-7-16(11)26)18(27-3)23-25(19)17-14(21)9-12(20)10-15(17)22/h4-7,9-10,26H,8H2,1-3H3. The molecule has 8 heteroatoms. The largest absolute Gasteiger partial charge is 0.508 e. The first-order chi connectivity index (χ1) is 12.8. The van der Waals surface area contributed by atoms with Crippen molar-refractivity contribution in [1.29, 1.82) is 0 Å². The van der Waals surface area contributed by atoms with Gasteiger partial charge in [-0.2, -0.15) is 5.10 Å². The van der Waals surface area contributed by atoms with Gasteiger partial charge in [0.05, 0.1) is 10.0 Å². The lowest BCUT2D eigenvalue weighted by molar-refractivity contribution is 0.469. The second kappa shape index (κ2) is 8.23. The van der Waals surface area contributed by atoms with Crippen LogP contribution in [-0.4, -0.2) is 35.2 Å². The van der Waals surface area contributed by atoms with Gasteiger partial charge in [-0.15, -0.1) is 11.8 Å². The molecule has 0 bridgehead atoms. The normalized spacial score (nSPS) is 11.0. The number of para-hydroxylation sites is 1. The van der Waals surface area contributed by atoms with Crippen LogP contribution in [-0.2, 0) is 6.42 Å². The van der Waals surface area contributed by atoms with Gasteiger partial charge in [0.1, 0.15) is 22.3 Å². The zero-order valence-corrected chi connectivity index (χ0v) is 18.1. The van der Waals surface area contributed by atoms with E-state index >= 15 is 0 Å². The average molecular weight is 443 g/mol. The molecule has 0 aliphatic rings. The fourth-order valence-electron chi connectivity index (χ4n) is 2.94. The van der Waals surface area contributed by atoms with Crippen LogP contribution < -0.4 is 4.90 Å². The van der Waals surface area contributed by atoms with Crippen LogP contribution in [0, 0.1) is 0 Å². The van der Waals surface area contributed by atoms with Gasteiger partial charge in [-0.25, -0.2) is 4.68 Å². The fraction of sp³-hybridized carbons (Fsp3) is 0.211. The van der Waals surface area contributed by atoms with Crippen LogP contribution >= 0.6 is 46.6 Å². The molecule has 3 aromatic rings. The Balaban J connectivity index is 2.23. The summed E-state index contributed by atoms with van der Waals surface area (Å²) in [6.45, 7) is 0. The van der Waals surface area contributed by atoms with Crippen LogP contribution in [0.5, 0.6) is 5.75 Å². The van der Waals surface area contributed by atoms with Gasteiger partial charge in [-0.05, 0) is 30.0 Å². The van der Waals surface area contributed by atoms with Crippen LogP contribution in [0.15, 0.2) is 41.4 Å². The van der Waals surface area contributed by atoms with Crippen molar-refractivity contribution < 1.29 is 5.11 Å². The Hall–Kier alpha value is -1.53. The highest BCUT2D eigenvalue weighted by atomic mass is 35.5. The molecule has 0 saturated carbocycles. The van der Waals surface area contributed by atoms with E-state index in [-0.39, 0.29) is 5.75 Å². The Labute approximate surface area is 177 Å². The second-order valence-electron chi connectivity index (χ2n) is 6.14. The van der Waals surface area contributed by atoms with Gasteiger partial charge < -0.3 is 10.0 Å². The van der Waals surface area contributed by atoms with Crippen molar-refractivity contribution in [2.24, 2.45) is 0 Å². The van der Waals surface area contributed by atoms with Gasteiger partial charge in [-0.3, -0.25) is 0 Å². The summed E-state index contributed by atoms with van der Waals surface area (Å²) in [5, 5.41) is 17.1. The van der Waals surface area contributed by atoms with E-state index in [4.69, 9.17) is 39.9 Å². The van der Waals surface area contributed by atoms with Crippen molar-refractivity contribution in [2.75, 3.05) is 25.3 Å². The van der Waals surface area contributed by atoms with Crippen molar-refractivity contribution >= 4 is 52.4 Å². The number of anilines is 1. The van der Waals surface area contributed by atoms with E-state index in [1.807, 2.05) is 37.4 Å². The van der Waals surface area contributed by atoms with Crippen LogP contribution in [0.1, 0.15) is 11.1 Å². The molecule has 0 radical (unpaired) electrons. The Morgan fingerprint density at radius 1 is 1.11 bits per heavy atom. The summed E-state index contributed by atoms with van der Waals surface area (Å²) < 4.78 is 1.74. The molecule has 0 atom stereocenters. The lowest BCUT2D eigenvalue weighted by Crippen LogP contribution is -2.16. The molecule has 1 aromatic heterocycles. The minimum absolute atomic E-state index is 0.254. The van der Waals surface area contributed by atoms with Crippen LogP contribution in [0.4, 0.5) is 5.82 Å². The number of nitrogens with zero attached hydrogens (tertiary/aromatic N) is 3. The lowest BCUT2D eigenvalue weighted by atomic mass is 10.1. The number of aromatic hydroxyl groups is 1. The molecule has 0 amide bonds. The van der Waals surface area contributed by atoms with Crippen molar-refractivity contribution in [1.82, 2.24) is 9.78 Å². The number of benzene rings is 2. The third kappa shape index (κ3) is 4.02. The van der Waals surface area contributed by atoms with E-state index in [1.165, 1.54) is 11.8 Å². The zero-order chi connectivity index (χ0) is 19.7. The number of halogens is 3. The van der Waals surface area contributed by atoms with Gasteiger partial charge in [0.15, 0.2) is 0 Å². The van der Waals surface area contributed by atoms with Gasteiger partial charge in [0.2, 0.25) is 0 Å². The summed E-state index contributed by atoms with van der Waals surface area (Å²) in [6, 6.07) is 10.6. The Morgan fingerprint density at radius 2 is 1.74 bits per heavy atom. The molecule has 2 aromatic carbocycles. The summed E-state index contributed by atoms with van der Waals surface area (Å²) >= 11 is 20.5. The quantitative estimate of drug-likeness (QED) is 0.498. The maximum absolute atomic E-state index is 10.2. The molecule has 0 aliphatic carbocycles. The van der Waals surface area contributed by atoms with Crippen molar-refractivity contribution in [2.45, 2.75) is 11.4 Å². The molecule has 4 nitrogen and oxygen atoms in total. The third-order valence-corrected chi connectivity index (χ3v) is 5.60. The van der Waals surface area contributed by atoms with E-state index in [0.717, 1.165) is 22.0 Å². The molecule has 142 valence electrons. The molecule has 0 fully saturated rings. The Morgan fingerprint density at radius 3 is 2.30 bits per heavy atom. The first kappa shape index (κ1) is 20.2. The van der Waals surface area contributed by atoms with E-state index in [2.05, 4.69) is 0 Å². The molecular weight excluding hydrogens is 425 g/mol. The number of aromatic nitrogens is 2. The van der Waals surface area contributed by atoms with Crippen LogP contribution in [0.2, 0.25) is 15.1 Å². The maximum atomic E-state index is 10.2. The smallest absolute Gasteiger partial charge is 0.136 e. The number of phenolic OH excluding ortho intramolecular Hbond substituents is 1. The molecule has 0 saturated heterocycles.